The van der Waals surface area contributed by atoms with E-state index >= 15 is 0 Å². The van der Waals surface area contributed by atoms with Gasteiger partial charge in [0, 0.05) is 89.0 Å². The second-order valence-electron chi connectivity index (χ2n) is 12.6. The molecule has 0 spiro atoms. The lowest BCUT2D eigenvalue weighted by Crippen LogP contribution is -2.19. The van der Waals surface area contributed by atoms with Crippen molar-refractivity contribution in [1.29, 1.82) is 0 Å². The standard InChI is InChI=1S/C21H18ClFN4O3.C13H13N3O2.C10H11ClFNO/c1-24-20(28)19-11-17(8-9-25-19)30-16-5-2-14(3-6-16)26-21(29)27-15-4-7-18(22)13(10-15)12-23;1-15-13(17)12-8-11(6-7-16-12)18-10-4-2-9(14)3-5-10;1-2-10(14)13-8-3-4-9(11)7(5-8)6-12/h2-11H,12H2,1H3,(H,24,28)(H2,26,27,29);2-8H,14H2,1H3,(H,15,17);3-5H,2,6H2,1H3,(H,13,14). The molecule has 5 amide bonds. The van der Waals surface area contributed by atoms with E-state index in [1.807, 2.05) is 0 Å². The minimum atomic E-state index is -0.723. The van der Waals surface area contributed by atoms with Gasteiger partial charge in [-0.3, -0.25) is 24.4 Å². The lowest BCUT2D eigenvalue weighted by Gasteiger charge is -2.10. The van der Waals surface area contributed by atoms with Crippen LogP contribution < -0.4 is 41.8 Å². The lowest BCUT2D eigenvalue weighted by molar-refractivity contribution is -0.115. The second kappa shape index (κ2) is 24.1. The van der Waals surface area contributed by atoms with Crippen LogP contribution in [-0.4, -0.2) is 47.8 Å². The van der Waals surface area contributed by atoms with E-state index in [4.69, 9.17) is 38.4 Å². The van der Waals surface area contributed by atoms with Gasteiger partial charge in [-0.2, -0.15) is 0 Å². The third-order valence-corrected chi connectivity index (χ3v) is 8.83. The van der Waals surface area contributed by atoms with E-state index in [0.717, 1.165) is 0 Å². The number of urea groups is 1. The fourth-order valence-corrected chi connectivity index (χ4v) is 5.26. The highest BCUT2D eigenvalue weighted by atomic mass is 35.5. The molecule has 6 aromatic rings. The van der Waals surface area contributed by atoms with Gasteiger partial charge >= 0.3 is 6.03 Å². The van der Waals surface area contributed by atoms with E-state index in [1.165, 1.54) is 43.7 Å². The number of pyridine rings is 2. The van der Waals surface area contributed by atoms with Gasteiger partial charge in [-0.1, -0.05) is 30.1 Å². The molecule has 0 radical (unpaired) electrons. The van der Waals surface area contributed by atoms with E-state index in [-0.39, 0.29) is 23.4 Å². The molecule has 322 valence electrons. The summed E-state index contributed by atoms with van der Waals surface area (Å²) in [5.41, 5.74) is 9.02. The molecule has 0 aliphatic heterocycles. The van der Waals surface area contributed by atoms with Gasteiger partial charge in [0.25, 0.3) is 11.8 Å². The molecule has 2 aromatic heterocycles. The molecule has 6 rings (SSSR count). The Labute approximate surface area is 366 Å². The predicted molar refractivity (Wildman–Crippen MR) is 237 cm³/mol. The zero-order chi connectivity index (χ0) is 45.0. The van der Waals surface area contributed by atoms with E-state index < -0.39 is 19.4 Å². The number of anilines is 4. The highest BCUT2D eigenvalue weighted by Crippen LogP contribution is 2.26. The maximum absolute atomic E-state index is 12.9. The molecule has 0 atom stereocenters. The number of hydrogen-bond donors (Lipinski definition) is 6. The first-order chi connectivity index (χ1) is 29.8. The molecule has 7 N–H and O–H groups in total. The molecule has 0 saturated heterocycles. The van der Waals surface area contributed by atoms with Crippen LogP contribution in [0, 0.1) is 0 Å². The van der Waals surface area contributed by atoms with Crippen molar-refractivity contribution in [3.05, 3.63) is 154 Å². The zero-order valence-electron chi connectivity index (χ0n) is 33.6. The largest absolute Gasteiger partial charge is 0.457 e. The number of benzene rings is 4. The molecule has 0 aliphatic carbocycles. The lowest BCUT2D eigenvalue weighted by atomic mass is 10.2. The summed E-state index contributed by atoms with van der Waals surface area (Å²) < 4.78 is 36.6. The Kier molecular flexibility index (Phi) is 18.4. The quantitative estimate of drug-likeness (QED) is 0.0648. The van der Waals surface area contributed by atoms with E-state index in [2.05, 4.69) is 36.6 Å². The molecule has 18 heteroatoms. The van der Waals surface area contributed by atoms with Crippen molar-refractivity contribution in [3.8, 4) is 23.0 Å². The average molecular weight is 888 g/mol. The van der Waals surface area contributed by atoms with Gasteiger partial charge in [-0.15, -0.1) is 0 Å². The second-order valence-corrected chi connectivity index (χ2v) is 13.4. The first kappa shape index (κ1) is 47.4. The zero-order valence-corrected chi connectivity index (χ0v) is 35.1. The molecular weight excluding hydrogens is 845 g/mol. The van der Waals surface area contributed by atoms with E-state index in [1.54, 1.807) is 98.9 Å². The van der Waals surface area contributed by atoms with E-state index in [9.17, 15) is 28.0 Å². The summed E-state index contributed by atoms with van der Waals surface area (Å²) in [6, 6.07) is 28.9. The third-order valence-electron chi connectivity index (χ3n) is 8.09. The molecule has 0 aliphatic rings. The number of ether oxygens (including phenoxy) is 2. The maximum atomic E-state index is 12.9. The van der Waals surface area contributed by atoms with Crippen molar-refractivity contribution in [2.24, 2.45) is 0 Å². The molecule has 14 nitrogen and oxygen atoms in total. The van der Waals surface area contributed by atoms with Crippen LogP contribution in [0.5, 0.6) is 23.0 Å². The van der Waals surface area contributed by atoms with Crippen molar-refractivity contribution in [2.75, 3.05) is 35.8 Å². The Morgan fingerprint density at radius 3 is 1.44 bits per heavy atom. The molecule has 0 bridgehead atoms. The number of aromatic nitrogens is 2. The van der Waals surface area contributed by atoms with Crippen LogP contribution in [-0.2, 0) is 18.1 Å². The summed E-state index contributed by atoms with van der Waals surface area (Å²) in [5, 5.41) is 13.6. The van der Waals surface area contributed by atoms with Crippen LogP contribution in [0.4, 0.5) is 36.3 Å². The Morgan fingerprint density at radius 2 is 1.00 bits per heavy atom. The van der Waals surface area contributed by atoms with Crippen molar-refractivity contribution in [1.82, 2.24) is 20.6 Å². The van der Waals surface area contributed by atoms with Crippen LogP contribution in [0.1, 0.15) is 45.4 Å². The predicted octanol–water partition coefficient (Wildman–Crippen LogP) is 9.97. The summed E-state index contributed by atoms with van der Waals surface area (Å²) in [4.78, 5) is 54.2. The van der Waals surface area contributed by atoms with Crippen molar-refractivity contribution < 1.29 is 37.4 Å². The van der Waals surface area contributed by atoms with Gasteiger partial charge in [0.1, 0.15) is 47.7 Å². The van der Waals surface area contributed by atoms with Crippen LogP contribution in [0.15, 0.2) is 122 Å². The van der Waals surface area contributed by atoms with Crippen LogP contribution in [0.25, 0.3) is 0 Å². The number of carbonyl (C=O) groups excluding carboxylic acids is 4. The van der Waals surface area contributed by atoms with Crippen LogP contribution >= 0.6 is 23.2 Å². The van der Waals surface area contributed by atoms with Crippen molar-refractivity contribution >= 4 is 69.7 Å². The number of nitrogens with zero attached hydrogens (tertiary/aromatic N) is 2. The third kappa shape index (κ3) is 15.1. The molecule has 62 heavy (non-hydrogen) atoms. The van der Waals surface area contributed by atoms with Gasteiger partial charge in [0.05, 0.1) is 0 Å². The Bertz CT molecular complexity index is 2460. The molecule has 0 fully saturated rings. The van der Waals surface area contributed by atoms with Gasteiger partial charge < -0.3 is 41.8 Å². The highest BCUT2D eigenvalue weighted by molar-refractivity contribution is 6.31. The number of nitrogens with two attached hydrogens (primary N) is 1. The van der Waals surface area contributed by atoms with Gasteiger partial charge in [0.15, 0.2) is 0 Å². The molecular formula is C44H42Cl2F2N8O6. The normalized spacial score (nSPS) is 10.0. The molecule has 2 heterocycles. The van der Waals surface area contributed by atoms with Gasteiger partial charge in [-0.05, 0) is 97.1 Å². The van der Waals surface area contributed by atoms with Crippen LogP contribution in [0.3, 0.4) is 0 Å². The number of amides is 5. The topological polar surface area (TPSA) is 199 Å². The van der Waals surface area contributed by atoms with Crippen molar-refractivity contribution in [2.45, 2.75) is 26.7 Å². The smallest absolute Gasteiger partial charge is 0.323 e. The molecule has 0 unspecified atom stereocenters. The number of hydrogen-bond acceptors (Lipinski definition) is 9. The SMILES string of the molecule is CCC(=O)Nc1ccc(Cl)c(CF)c1.CNC(=O)c1cc(Oc2ccc(N)cc2)ccn1.CNC(=O)c1cc(Oc2ccc(NC(=O)Nc3ccc(Cl)c(CF)c3)cc2)ccn1. The first-order valence-corrected chi connectivity index (χ1v) is 19.3. The summed E-state index contributed by atoms with van der Waals surface area (Å²) >= 11 is 11.6. The fourth-order valence-electron chi connectivity index (χ4n) is 4.92. The number of carbonyl (C=O) groups is 4. The minimum absolute atomic E-state index is 0.0999. The number of nitrogen functional groups attached to an aromatic ring is 1. The molecule has 0 saturated carbocycles. The summed E-state index contributed by atoms with van der Waals surface area (Å²) in [6.45, 7) is 0.398. The van der Waals surface area contributed by atoms with Crippen LogP contribution in [0.2, 0.25) is 10.0 Å². The van der Waals surface area contributed by atoms with Gasteiger partial charge in [-0.25, -0.2) is 13.6 Å². The number of alkyl halides is 2. The fraction of sp³-hybridized carbons (Fsp3) is 0.136. The molecule has 4 aromatic carbocycles. The number of nitrogens with one attached hydrogen (secondary N) is 5. The number of halogens is 4. The average Bonchev–Trinajstić information content (AvgIpc) is 3.29. The highest BCUT2D eigenvalue weighted by Gasteiger charge is 2.10. The monoisotopic (exact) mass is 886 g/mol. The van der Waals surface area contributed by atoms with Gasteiger partial charge in [0.2, 0.25) is 5.91 Å². The summed E-state index contributed by atoms with van der Waals surface area (Å²) in [5.74, 6) is 1.50. The first-order valence-electron chi connectivity index (χ1n) is 18.6. The maximum Gasteiger partial charge on any atom is 0.323 e. The minimum Gasteiger partial charge on any atom is -0.457 e. The Morgan fingerprint density at radius 1 is 0.581 bits per heavy atom. The van der Waals surface area contributed by atoms with E-state index in [0.29, 0.717) is 79.0 Å². The Hall–Kier alpha value is -7.30. The summed E-state index contributed by atoms with van der Waals surface area (Å²) in [6.07, 6.45) is 3.40. The summed E-state index contributed by atoms with van der Waals surface area (Å²) in [7, 11) is 3.07. The van der Waals surface area contributed by atoms with Crippen molar-refractivity contribution in [3.63, 3.8) is 0 Å². The number of rotatable bonds is 12. The Balaban J connectivity index is 0.000000224.